The van der Waals surface area contributed by atoms with E-state index in [2.05, 4.69) is 14.3 Å². The minimum absolute atomic E-state index is 0.0602. The van der Waals surface area contributed by atoms with Gasteiger partial charge in [0.2, 0.25) is 0 Å². The number of amides is 1. The largest absolute Gasteiger partial charge is 0.486 e. The van der Waals surface area contributed by atoms with Crippen molar-refractivity contribution in [2.75, 3.05) is 31.0 Å². The number of rotatable bonds is 5. The van der Waals surface area contributed by atoms with Gasteiger partial charge in [0, 0.05) is 48.8 Å². The number of ether oxygens (including phenoxy) is 2. The van der Waals surface area contributed by atoms with E-state index in [-0.39, 0.29) is 10.8 Å². The highest BCUT2D eigenvalue weighted by Gasteiger charge is 2.25. The molecule has 0 bridgehead atoms. The summed E-state index contributed by atoms with van der Waals surface area (Å²) in [6.45, 7) is 2.07. The van der Waals surface area contributed by atoms with Crippen LogP contribution in [0, 0.1) is 0 Å². The Kier molecular flexibility index (Phi) is 5.67. The van der Waals surface area contributed by atoms with E-state index < -0.39 is 10.0 Å². The number of aromatic nitrogens is 2. The van der Waals surface area contributed by atoms with Crippen molar-refractivity contribution in [3.8, 4) is 11.5 Å². The van der Waals surface area contributed by atoms with Gasteiger partial charge in [-0.2, -0.15) is 0 Å². The molecule has 5 rings (SSSR count). The van der Waals surface area contributed by atoms with E-state index in [0.29, 0.717) is 55.1 Å². The summed E-state index contributed by atoms with van der Waals surface area (Å²) in [6, 6.07) is 11.4. The highest BCUT2D eigenvalue weighted by atomic mass is 32.2. The van der Waals surface area contributed by atoms with Crippen LogP contribution in [0.15, 0.2) is 66.1 Å². The Hall–Kier alpha value is -3.53. The molecule has 1 N–H and O–H groups in total. The van der Waals surface area contributed by atoms with Gasteiger partial charge in [-0.25, -0.2) is 13.4 Å². The highest BCUT2D eigenvalue weighted by Crippen LogP contribution is 2.33. The second-order valence-electron chi connectivity index (χ2n) is 8.03. The third-order valence-corrected chi connectivity index (χ3v) is 7.26. The standard InChI is InChI=1S/C23H24N4O5S/c28-23(26-9-6-19(7-10-26)27-11-8-24-16-27)17-2-1-3-18(14-17)25-33(29,30)20-4-5-21-22(15-20)32-13-12-31-21/h1-5,8,11,14-16,19,25H,6-7,9-10,12-13H2. The number of imidazole rings is 1. The number of carbonyl (C=O) groups excluding carboxylic acids is 1. The predicted octanol–water partition coefficient (Wildman–Crippen LogP) is 2.93. The molecule has 172 valence electrons. The zero-order valence-corrected chi connectivity index (χ0v) is 18.7. The van der Waals surface area contributed by atoms with E-state index in [1.54, 1.807) is 42.9 Å². The normalized spacial score (nSPS) is 16.4. The van der Waals surface area contributed by atoms with Gasteiger partial charge >= 0.3 is 0 Å². The summed E-state index contributed by atoms with van der Waals surface area (Å²) < 4.78 is 41.4. The SMILES string of the molecule is O=C(c1cccc(NS(=O)(=O)c2ccc3c(c2)OCCO3)c1)N1CCC(n2ccnc2)CC1. The lowest BCUT2D eigenvalue weighted by Gasteiger charge is -2.32. The number of sulfonamides is 1. The summed E-state index contributed by atoms with van der Waals surface area (Å²) in [4.78, 5) is 19.0. The Labute approximate surface area is 192 Å². The van der Waals surface area contributed by atoms with Gasteiger partial charge in [0.1, 0.15) is 13.2 Å². The van der Waals surface area contributed by atoms with E-state index in [1.807, 2.05) is 11.1 Å². The van der Waals surface area contributed by atoms with Crippen LogP contribution in [-0.2, 0) is 10.0 Å². The van der Waals surface area contributed by atoms with Crippen molar-refractivity contribution in [1.82, 2.24) is 14.5 Å². The fourth-order valence-corrected chi connectivity index (χ4v) is 5.22. The molecule has 33 heavy (non-hydrogen) atoms. The molecule has 9 nitrogen and oxygen atoms in total. The molecule has 3 aromatic rings. The molecule has 0 atom stereocenters. The number of benzene rings is 2. The molecule has 1 amide bonds. The monoisotopic (exact) mass is 468 g/mol. The maximum atomic E-state index is 13.0. The number of fused-ring (bicyclic) bond motifs is 1. The molecule has 0 aliphatic carbocycles. The molecule has 3 heterocycles. The number of anilines is 1. The smallest absolute Gasteiger partial charge is 0.262 e. The van der Waals surface area contributed by atoms with Crippen molar-refractivity contribution in [2.24, 2.45) is 0 Å². The first-order chi connectivity index (χ1) is 16.0. The average Bonchev–Trinajstić information content (AvgIpc) is 3.38. The molecule has 1 aromatic heterocycles. The maximum Gasteiger partial charge on any atom is 0.262 e. The van der Waals surface area contributed by atoms with Crippen molar-refractivity contribution in [3.63, 3.8) is 0 Å². The number of nitrogens with zero attached hydrogens (tertiary/aromatic N) is 3. The molecule has 10 heteroatoms. The summed E-state index contributed by atoms with van der Waals surface area (Å²) in [5.74, 6) is 0.802. The predicted molar refractivity (Wildman–Crippen MR) is 121 cm³/mol. The van der Waals surface area contributed by atoms with Gasteiger partial charge in [0.25, 0.3) is 15.9 Å². The summed E-state index contributed by atoms with van der Waals surface area (Å²) in [5.41, 5.74) is 0.766. The summed E-state index contributed by atoms with van der Waals surface area (Å²) >= 11 is 0. The minimum Gasteiger partial charge on any atom is -0.486 e. The second kappa shape index (κ2) is 8.78. The Morgan fingerprint density at radius 1 is 1.03 bits per heavy atom. The molecule has 0 radical (unpaired) electrons. The zero-order valence-electron chi connectivity index (χ0n) is 17.9. The van der Waals surface area contributed by atoms with Crippen LogP contribution in [0.5, 0.6) is 11.5 Å². The lowest BCUT2D eigenvalue weighted by Crippen LogP contribution is -2.38. The third-order valence-electron chi connectivity index (χ3n) is 5.88. The topological polar surface area (TPSA) is 103 Å². The van der Waals surface area contributed by atoms with Gasteiger partial charge in [-0.3, -0.25) is 9.52 Å². The zero-order chi connectivity index (χ0) is 22.8. The van der Waals surface area contributed by atoms with Crippen molar-refractivity contribution >= 4 is 21.6 Å². The van der Waals surface area contributed by atoms with Crippen LogP contribution >= 0.6 is 0 Å². The fraction of sp³-hybridized carbons (Fsp3) is 0.304. The Morgan fingerprint density at radius 2 is 1.82 bits per heavy atom. The minimum atomic E-state index is -3.87. The number of carbonyl (C=O) groups is 1. The molecule has 1 saturated heterocycles. The van der Waals surface area contributed by atoms with E-state index in [4.69, 9.17) is 9.47 Å². The summed E-state index contributed by atoms with van der Waals surface area (Å²) in [7, 11) is -3.87. The first-order valence-electron chi connectivity index (χ1n) is 10.8. The fourth-order valence-electron chi connectivity index (χ4n) is 4.16. The van der Waals surface area contributed by atoms with Gasteiger partial charge in [-0.15, -0.1) is 0 Å². The molecule has 2 aliphatic heterocycles. The van der Waals surface area contributed by atoms with Crippen LogP contribution < -0.4 is 14.2 Å². The molecule has 0 unspecified atom stereocenters. The molecular weight excluding hydrogens is 444 g/mol. The van der Waals surface area contributed by atoms with Crippen molar-refractivity contribution in [1.29, 1.82) is 0 Å². The van der Waals surface area contributed by atoms with Gasteiger partial charge in [-0.1, -0.05) is 6.07 Å². The molecule has 0 saturated carbocycles. The van der Waals surface area contributed by atoms with Gasteiger partial charge in [-0.05, 0) is 43.2 Å². The van der Waals surface area contributed by atoms with Crippen molar-refractivity contribution in [3.05, 3.63) is 66.7 Å². The van der Waals surface area contributed by atoms with Crippen LogP contribution in [0.1, 0.15) is 29.2 Å². The lowest BCUT2D eigenvalue weighted by atomic mass is 10.0. The van der Waals surface area contributed by atoms with Crippen LogP contribution in [0.2, 0.25) is 0 Å². The number of piperidine rings is 1. The highest BCUT2D eigenvalue weighted by molar-refractivity contribution is 7.92. The van der Waals surface area contributed by atoms with Crippen LogP contribution in [0.4, 0.5) is 5.69 Å². The van der Waals surface area contributed by atoms with Crippen molar-refractivity contribution in [2.45, 2.75) is 23.8 Å². The number of hydrogen-bond donors (Lipinski definition) is 1. The Bertz CT molecular complexity index is 1250. The van der Waals surface area contributed by atoms with Crippen LogP contribution in [0.3, 0.4) is 0 Å². The van der Waals surface area contributed by atoms with Gasteiger partial charge < -0.3 is 18.9 Å². The molecule has 2 aromatic carbocycles. The number of hydrogen-bond acceptors (Lipinski definition) is 6. The van der Waals surface area contributed by atoms with E-state index in [1.165, 1.54) is 12.1 Å². The summed E-state index contributed by atoms with van der Waals surface area (Å²) in [5, 5.41) is 0. The third kappa shape index (κ3) is 4.51. The maximum absolute atomic E-state index is 13.0. The van der Waals surface area contributed by atoms with Crippen molar-refractivity contribution < 1.29 is 22.7 Å². The molecule has 2 aliphatic rings. The lowest BCUT2D eigenvalue weighted by molar-refractivity contribution is 0.0694. The first kappa shape index (κ1) is 21.3. The first-order valence-corrected chi connectivity index (χ1v) is 12.3. The average molecular weight is 469 g/mol. The van der Waals surface area contributed by atoms with Crippen LogP contribution in [-0.4, -0.2) is 55.1 Å². The van der Waals surface area contributed by atoms with Gasteiger partial charge in [0.15, 0.2) is 11.5 Å². The Morgan fingerprint density at radius 3 is 2.58 bits per heavy atom. The molecule has 0 spiro atoms. The molecule has 1 fully saturated rings. The quantitative estimate of drug-likeness (QED) is 0.618. The van der Waals surface area contributed by atoms with E-state index in [9.17, 15) is 13.2 Å². The molecular formula is C23H24N4O5S. The number of likely N-dealkylation sites (tertiary alicyclic amines) is 1. The van der Waals surface area contributed by atoms with Gasteiger partial charge in [0.05, 0.1) is 11.2 Å². The number of nitrogens with one attached hydrogen (secondary N) is 1. The van der Waals surface area contributed by atoms with E-state index in [0.717, 1.165) is 12.8 Å². The summed E-state index contributed by atoms with van der Waals surface area (Å²) in [6.07, 6.45) is 7.20. The second-order valence-corrected chi connectivity index (χ2v) is 9.71. The van der Waals surface area contributed by atoms with E-state index >= 15 is 0 Å². The van der Waals surface area contributed by atoms with Crippen LogP contribution in [0.25, 0.3) is 0 Å². The Balaban J connectivity index is 1.27.